The molecule has 2 atom stereocenters. The average molecular weight is 443 g/mol. The minimum Gasteiger partial charge on any atom is -0.374 e. The summed E-state index contributed by atoms with van der Waals surface area (Å²) in [6.07, 6.45) is 2.28. The molecule has 29 heavy (non-hydrogen) atoms. The van der Waals surface area contributed by atoms with E-state index in [2.05, 4.69) is 10.6 Å². The summed E-state index contributed by atoms with van der Waals surface area (Å²) in [7, 11) is -3.35. The van der Waals surface area contributed by atoms with Gasteiger partial charge in [-0.15, -0.1) is 0 Å². The standard InChI is InChI=1S/C20H21ClF2N2O3S/c1-12(8-9-29(3,27)28)24-20(26)14-10-17(22)19(18(23)11-14)25-13(2)15-6-4-5-7-16(15)21/h4-13,25H,1-3H3,(H,24,26)/b9-8+/t12-,13+/m1/s1. The number of rotatable bonds is 7. The summed E-state index contributed by atoms with van der Waals surface area (Å²) in [5.74, 6) is -2.61. The summed E-state index contributed by atoms with van der Waals surface area (Å²) in [6, 6.07) is 7.62. The van der Waals surface area contributed by atoms with Gasteiger partial charge in [0.2, 0.25) is 0 Å². The molecule has 0 saturated heterocycles. The predicted molar refractivity (Wildman–Crippen MR) is 111 cm³/mol. The highest BCUT2D eigenvalue weighted by atomic mass is 35.5. The van der Waals surface area contributed by atoms with Crippen molar-refractivity contribution in [3.8, 4) is 0 Å². The van der Waals surface area contributed by atoms with E-state index >= 15 is 0 Å². The van der Waals surface area contributed by atoms with E-state index in [0.717, 1.165) is 23.8 Å². The lowest BCUT2D eigenvalue weighted by Crippen LogP contribution is -2.31. The highest BCUT2D eigenvalue weighted by Crippen LogP contribution is 2.29. The highest BCUT2D eigenvalue weighted by molar-refractivity contribution is 7.93. The van der Waals surface area contributed by atoms with Gasteiger partial charge in [0.1, 0.15) is 17.3 Å². The molecular weight excluding hydrogens is 422 g/mol. The van der Waals surface area contributed by atoms with Crippen LogP contribution in [-0.4, -0.2) is 26.6 Å². The van der Waals surface area contributed by atoms with Gasteiger partial charge in [-0.2, -0.15) is 0 Å². The molecular formula is C20H21ClF2N2O3S. The Bertz CT molecular complexity index is 1020. The number of carbonyl (C=O) groups excluding carboxylic acids is 1. The number of hydrogen-bond donors (Lipinski definition) is 2. The van der Waals surface area contributed by atoms with Crippen LogP contribution in [0.5, 0.6) is 0 Å². The van der Waals surface area contributed by atoms with Crippen LogP contribution in [0.1, 0.15) is 35.8 Å². The number of halogens is 3. The van der Waals surface area contributed by atoms with Crippen LogP contribution in [0.25, 0.3) is 0 Å². The molecule has 0 spiro atoms. The van der Waals surface area contributed by atoms with Gasteiger partial charge in [0, 0.05) is 28.3 Å². The van der Waals surface area contributed by atoms with Crippen molar-refractivity contribution in [3.05, 3.63) is 75.7 Å². The van der Waals surface area contributed by atoms with Crippen LogP contribution in [0.3, 0.4) is 0 Å². The molecule has 9 heteroatoms. The summed E-state index contributed by atoms with van der Waals surface area (Å²) in [5.41, 5.74) is 0.0656. The zero-order valence-electron chi connectivity index (χ0n) is 16.0. The van der Waals surface area contributed by atoms with Gasteiger partial charge in [0.15, 0.2) is 9.84 Å². The molecule has 2 aromatic carbocycles. The first-order valence-corrected chi connectivity index (χ1v) is 11.0. The van der Waals surface area contributed by atoms with Gasteiger partial charge >= 0.3 is 0 Å². The van der Waals surface area contributed by atoms with E-state index in [9.17, 15) is 22.0 Å². The Morgan fingerprint density at radius 3 is 2.28 bits per heavy atom. The third-order valence-electron chi connectivity index (χ3n) is 4.01. The lowest BCUT2D eigenvalue weighted by atomic mass is 10.1. The number of nitrogens with one attached hydrogen (secondary N) is 2. The average Bonchev–Trinajstić information content (AvgIpc) is 2.62. The molecule has 2 N–H and O–H groups in total. The van der Waals surface area contributed by atoms with Crippen molar-refractivity contribution in [1.29, 1.82) is 0 Å². The van der Waals surface area contributed by atoms with Gasteiger partial charge in [-0.25, -0.2) is 17.2 Å². The van der Waals surface area contributed by atoms with E-state index in [0.29, 0.717) is 10.6 Å². The second kappa shape index (κ2) is 9.37. The van der Waals surface area contributed by atoms with Gasteiger partial charge in [-0.05, 0) is 37.6 Å². The van der Waals surface area contributed by atoms with Crippen molar-refractivity contribution in [2.45, 2.75) is 25.9 Å². The van der Waals surface area contributed by atoms with Crippen LogP contribution in [0.2, 0.25) is 5.02 Å². The van der Waals surface area contributed by atoms with Crippen molar-refractivity contribution in [1.82, 2.24) is 5.32 Å². The van der Waals surface area contributed by atoms with Crippen molar-refractivity contribution in [3.63, 3.8) is 0 Å². The molecule has 2 aromatic rings. The van der Waals surface area contributed by atoms with Crippen LogP contribution >= 0.6 is 11.6 Å². The Morgan fingerprint density at radius 1 is 1.14 bits per heavy atom. The Hall–Kier alpha value is -2.45. The Labute approximate surface area is 173 Å². The highest BCUT2D eigenvalue weighted by Gasteiger charge is 2.19. The maximum absolute atomic E-state index is 14.5. The smallest absolute Gasteiger partial charge is 0.251 e. The third kappa shape index (κ3) is 6.54. The second-order valence-electron chi connectivity index (χ2n) is 6.62. The van der Waals surface area contributed by atoms with E-state index in [1.807, 2.05) is 0 Å². The van der Waals surface area contributed by atoms with E-state index in [4.69, 9.17) is 11.6 Å². The topological polar surface area (TPSA) is 75.3 Å². The number of anilines is 1. The molecule has 0 aromatic heterocycles. The molecule has 0 bridgehead atoms. The Balaban J connectivity index is 2.17. The van der Waals surface area contributed by atoms with Crippen LogP contribution < -0.4 is 10.6 Å². The molecule has 156 valence electrons. The van der Waals surface area contributed by atoms with Crippen molar-refractivity contribution in [2.24, 2.45) is 0 Å². The predicted octanol–water partition coefficient (Wildman–Crippen LogP) is 4.47. The number of carbonyl (C=O) groups is 1. The maximum atomic E-state index is 14.5. The summed E-state index contributed by atoms with van der Waals surface area (Å²) < 4.78 is 51.2. The zero-order valence-corrected chi connectivity index (χ0v) is 17.6. The van der Waals surface area contributed by atoms with Crippen molar-refractivity contribution >= 4 is 33.0 Å². The Morgan fingerprint density at radius 2 is 1.72 bits per heavy atom. The van der Waals surface area contributed by atoms with Gasteiger partial charge in [0.05, 0.1) is 6.04 Å². The molecule has 0 aliphatic heterocycles. The summed E-state index contributed by atoms with van der Waals surface area (Å²) in [4.78, 5) is 12.2. The molecule has 0 unspecified atom stereocenters. The molecule has 0 fully saturated rings. The lowest BCUT2D eigenvalue weighted by molar-refractivity contribution is 0.0946. The van der Waals surface area contributed by atoms with Crippen LogP contribution in [0, 0.1) is 11.6 Å². The van der Waals surface area contributed by atoms with Gasteiger partial charge in [-0.3, -0.25) is 4.79 Å². The second-order valence-corrected chi connectivity index (χ2v) is 8.96. The zero-order chi connectivity index (χ0) is 21.8. The van der Waals surface area contributed by atoms with Crippen molar-refractivity contribution < 1.29 is 22.0 Å². The lowest BCUT2D eigenvalue weighted by Gasteiger charge is -2.18. The SMILES string of the molecule is C[C@H](/C=C/S(C)(=O)=O)NC(=O)c1cc(F)c(N[C@@H](C)c2ccccc2Cl)c(F)c1. The van der Waals surface area contributed by atoms with Gasteiger partial charge in [0.25, 0.3) is 5.91 Å². The number of hydrogen-bond acceptors (Lipinski definition) is 4. The first kappa shape index (κ1) is 22.8. The first-order chi connectivity index (χ1) is 13.5. The van der Waals surface area contributed by atoms with Gasteiger partial charge < -0.3 is 10.6 Å². The number of sulfone groups is 1. The summed E-state index contributed by atoms with van der Waals surface area (Å²) >= 11 is 6.11. The van der Waals surface area contributed by atoms with Crippen LogP contribution in [0.4, 0.5) is 14.5 Å². The monoisotopic (exact) mass is 442 g/mol. The van der Waals surface area contributed by atoms with Crippen molar-refractivity contribution in [2.75, 3.05) is 11.6 Å². The van der Waals surface area contributed by atoms with E-state index < -0.39 is 39.5 Å². The summed E-state index contributed by atoms with van der Waals surface area (Å²) in [6.45, 7) is 3.24. The molecule has 0 saturated carbocycles. The van der Waals surface area contributed by atoms with E-state index in [1.165, 1.54) is 13.0 Å². The summed E-state index contributed by atoms with van der Waals surface area (Å²) in [5, 5.41) is 6.60. The van der Waals surface area contributed by atoms with E-state index in [1.54, 1.807) is 31.2 Å². The normalized spacial score (nSPS) is 13.9. The third-order valence-corrected chi connectivity index (χ3v) is 5.01. The van der Waals surface area contributed by atoms with E-state index in [-0.39, 0.29) is 11.3 Å². The molecule has 5 nitrogen and oxygen atoms in total. The van der Waals surface area contributed by atoms with Crippen LogP contribution in [-0.2, 0) is 9.84 Å². The van der Waals surface area contributed by atoms with Crippen LogP contribution in [0.15, 0.2) is 47.9 Å². The molecule has 2 rings (SSSR count). The molecule has 1 amide bonds. The first-order valence-electron chi connectivity index (χ1n) is 8.67. The number of benzene rings is 2. The minimum absolute atomic E-state index is 0.226. The molecule has 0 aliphatic carbocycles. The largest absolute Gasteiger partial charge is 0.374 e. The number of amides is 1. The maximum Gasteiger partial charge on any atom is 0.251 e. The molecule has 0 heterocycles. The molecule has 0 aliphatic rings. The fourth-order valence-corrected chi connectivity index (χ4v) is 3.38. The van der Waals surface area contributed by atoms with Gasteiger partial charge in [-0.1, -0.05) is 35.9 Å². The quantitative estimate of drug-likeness (QED) is 0.663. The molecule has 0 radical (unpaired) electrons. The fraction of sp³-hybridized carbons (Fsp3) is 0.250. The fourth-order valence-electron chi connectivity index (χ4n) is 2.56. The Kier molecular flexibility index (Phi) is 7.37. The minimum atomic E-state index is -3.35.